The van der Waals surface area contributed by atoms with E-state index in [1.54, 1.807) is 12.1 Å². The van der Waals surface area contributed by atoms with Crippen LogP contribution >= 0.6 is 0 Å². The van der Waals surface area contributed by atoms with Crippen LogP contribution in [-0.4, -0.2) is 20.9 Å². The summed E-state index contributed by atoms with van der Waals surface area (Å²) in [7, 11) is -3.74. The molecule has 1 aliphatic heterocycles. The van der Waals surface area contributed by atoms with Crippen LogP contribution in [0, 0.1) is 13.8 Å². The van der Waals surface area contributed by atoms with Crippen molar-refractivity contribution >= 4 is 27.3 Å². The Morgan fingerprint density at radius 1 is 0.966 bits per heavy atom. The number of sulfonamides is 1. The third-order valence-corrected chi connectivity index (χ3v) is 7.19. The van der Waals surface area contributed by atoms with E-state index < -0.39 is 10.0 Å². The maximum atomic E-state index is 13.2. The number of carbonyl (C=O) groups is 1. The van der Waals surface area contributed by atoms with E-state index in [0.29, 0.717) is 24.2 Å². The quantitative estimate of drug-likeness (QED) is 0.702. The summed E-state index contributed by atoms with van der Waals surface area (Å²) in [6, 6.07) is 19.4. The number of nitrogens with zero attached hydrogens (tertiary/aromatic N) is 1. The average Bonchev–Trinajstić information content (AvgIpc) is 3.16. The van der Waals surface area contributed by atoms with Gasteiger partial charge in [-0.05, 0) is 67.3 Å². The highest BCUT2D eigenvalue weighted by molar-refractivity contribution is 7.92. The predicted octanol–water partition coefficient (Wildman–Crippen LogP) is 4.31. The fourth-order valence-electron chi connectivity index (χ4n) is 3.56. The number of hydrogen-bond acceptors (Lipinski definition) is 3. The molecule has 148 valence electrons. The lowest BCUT2D eigenvalue weighted by Gasteiger charge is -2.20. The highest BCUT2D eigenvalue weighted by Gasteiger charge is 2.30. The van der Waals surface area contributed by atoms with E-state index in [9.17, 15) is 13.2 Å². The molecule has 3 aromatic carbocycles. The minimum Gasteiger partial charge on any atom is -0.322 e. The van der Waals surface area contributed by atoms with Crippen molar-refractivity contribution in [2.45, 2.75) is 25.2 Å². The van der Waals surface area contributed by atoms with Gasteiger partial charge in [-0.1, -0.05) is 36.4 Å². The van der Waals surface area contributed by atoms with Crippen molar-refractivity contribution in [1.82, 2.24) is 0 Å². The molecule has 5 nitrogen and oxygen atoms in total. The molecule has 0 aromatic heterocycles. The van der Waals surface area contributed by atoms with Gasteiger partial charge in [-0.15, -0.1) is 0 Å². The zero-order valence-corrected chi connectivity index (χ0v) is 17.2. The van der Waals surface area contributed by atoms with Crippen molar-refractivity contribution in [2.24, 2.45) is 0 Å². The van der Waals surface area contributed by atoms with E-state index in [1.165, 1.54) is 16.4 Å². The van der Waals surface area contributed by atoms with Gasteiger partial charge in [-0.3, -0.25) is 9.10 Å². The molecule has 1 amide bonds. The molecule has 0 radical (unpaired) electrons. The maximum Gasteiger partial charge on any atom is 0.264 e. The first-order valence-corrected chi connectivity index (χ1v) is 10.9. The molecule has 1 N–H and O–H groups in total. The number of carbonyl (C=O) groups excluding carboxylic acids is 1. The van der Waals surface area contributed by atoms with E-state index in [0.717, 1.165) is 22.4 Å². The summed E-state index contributed by atoms with van der Waals surface area (Å²) in [6.07, 6.45) is 0.683. The molecule has 0 spiro atoms. The number of fused-ring (bicyclic) bond motifs is 1. The Bertz CT molecular complexity index is 1200. The van der Waals surface area contributed by atoms with Gasteiger partial charge in [0.2, 0.25) is 0 Å². The largest absolute Gasteiger partial charge is 0.322 e. The molecule has 1 aliphatic rings. The standard InChI is InChI=1S/C23H22N2O3S/c1-16-7-5-11-21(17(16)2)24-23(26)19-9-6-10-20(15-19)29(27,28)25-14-13-18-8-3-4-12-22(18)25/h3-12,15H,13-14H2,1-2H3,(H,24,26). The van der Waals surface area contributed by atoms with Gasteiger partial charge in [0.25, 0.3) is 15.9 Å². The zero-order valence-electron chi connectivity index (χ0n) is 16.3. The number of rotatable bonds is 4. The number of aryl methyl sites for hydroxylation is 1. The lowest BCUT2D eigenvalue weighted by molar-refractivity contribution is 0.102. The first-order chi connectivity index (χ1) is 13.9. The summed E-state index contributed by atoms with van der Waals surface area (Å²) >= 11 is 0. The summed E-state index contributed by atoms with van der Waals surface area (Å²) in [6.45, 7) is 4.32. The monoisotopic (exact) mass is 406 g/mol. The molecule has 29 heavy (non-hydrogen) atoms. The van der Waals surface area contributed by atoms with Gasteiger partial charge in [0.1, 0.15) is 0 Å². The summed E-state index contributed by atoms with van der Waals surface area (Å²) in [4.78, 5) is 12.9. The first kappa shape index (κ1) is 19.2. The normalized spacial score (nSPS) is 13.2. The van der Waals surface area contributed by atoms with Gasteiger partial charge in [-0.2, -0.15) is 0 Å². The van der Waals surface area contributed by atoms with Crippen molar-refractivity contribution in [3.8, 4) is 0 Å². The Morgan fingerprint density at radius 3 is 2.55 bits per heavy atom. The lowest BCUT2D eigenvalue weighted by atomic mass is 10.1. The SMILES string of the molecule is Cc1cccc(NC(=O)c2cccc(S(=O)(=O)N3CCc4ccccc43)c2)c1C. The fourth-order valence-corrected chi connectivity index (χ4v) is 5.11. The second-order valence-corrected chi connectivity index (χ2v) is 9.05. The van der Waals surface area contributed by atoms with E-state index in [-0.39, 0.29) is 10.8 Å². The van der Waals surface area contributed by atoms with Crippen molar-refractivity contribution in [2.75, 3.05) is 16.2 Å². The van der Waals surface area contributed by atoms with Crippen LogP contribution in [0.2, 0.25) is 0 Å². The van der Waals surface area contributed by atoms with Gasteiger partial charge in [0.05, 0.1) is 10.6 Å². The molecule has 0 aliphatic carbocycles. The predicted molar refractivity (Wildman–Crippen MR) is 115 cm³/mol. The Balaban J connectivity index is 1.64. The third-order valence-electron chi connectivity index (χ3n) is 5.38. The maximum absolute atomic E-state index is 13.2. The Labute approximate surface area is 171 Å². The van der Waals surface area contributed by atoms with Gasteiger partial charge in [0.15, 0.2) is 0 Å². The number of benzene rings is 3. The minimum absolute atomic E-state index is 0.114. The molecule has 0 atom stereocenters. The first-order valence-electron chi connectivity index (χ1n) is 9.46. The molecule has 0 saturated heterocycles. The Kier molecular flexibility index (Phi) is 4.88. The van der Waals surface area contributed by atoms with Crippen molar-refractivity contribution < 1.29 is 13.2 Å². The van der Waals surface area contributed by atoms with Crippen LogP contribution in [-0.2, 0) is 16.4 Å². The van der Waals surface area contributed by atoms with Crippen LogP contribution in [0.3, 0.4) is 0 Å². The van der Waals surface area contributed by atoms with Crippen LogP contribution in [0.15, 0.2) is 71.6 Å². The van der Waals surface area contributed by atoms with Crippen LogP contribution in [0.5, 0.6) is 0 Å². The second-order valence-electron chi connectivity index (χ2n) is 7.19. The molecule has 0 bridgehead atoms. The molecular formula is C23H22N2O3S. The van der Waals surface area contributed by atoms with Gasteiger partial charge >= 0.3 is 0 Å². The second kappa shape index (κ2) is 7.37. The fraction of sp³-hybridized carbons (Fsp3) is 0.174. The number of anilines is 2. The molecule has 4 rings (SSSR count). The molecule has 0 unspecified atom stereocenters. The van der Waals surface area contributed by atoms with Crippen LogP contribution in [0.1, 0.15) is 27.0 Å². The van der Waals surface area contributed by atoms with Crippen molar-refractivity contribution in [3.05, 3.63) is 89.0 Å². The van der Waals surface area contributed by atoms with Crippen LogP contribution in [0.25, 0.3) is 0 Å². The Morgan fingerprint density at radius 2 is 1.72 bits per heavy atom. The number of amides is 1. The lowest BCUT2D eigenvalue weighted by Crippen LogP contribution is -2.29. The van der Waals surface area contributed by atoms with Gasteiger partial charge < -0.3 is 5.32 Å². The van der Waals surface area contributed by atoms with Crippen LogP contribution in [0.4, 0.5) is 11.4 Å². The molecule has 3 aromatic rings. The average molecular weight is 407 g/mol. The van der Waals surface area contributed by atoms with E-state index in [4.69, 9.17) is 0 Å². The summed E-state index contributed by atoms with van der Waals surface area (Å²) < 4.78 is 27.9. The molecule has 1 heterocycles. The number of para-hydroxylation sites is 1. The van der Waals surface area contributed by atoms with E-state index in [2.05, 4.69) is 5.32 Å². The third kappa shape index (κ3) is 3.51. The molecule has 0 saturated carbocycles. The van der Waals surface area contributed by atoms with Crippen molar-refractivity contribution in [1.29, 1.82) is 0 Å². The van der Waals surface area contributed by atoms with E-state index in [1.807, 2.05) is 56.3 Å². The Hall–Kier alpha value is -3.12. The smallest absolute Gasteiger partial charge is 0.264 e. The molecular weight excluding hydrogens is 384 g/mol. The van der Waals surface area contributed by atoms with Gasteiger partial charge in [0, 0.05) is 17.8 Å². The van der Waals surface area contributed by atoms with E-state index >= 15 is 0 Å². The highest BCUT2D eigenvalue weighted by Crippen LogP contribution is 2.32. The number of nitrogens with one attached hydrogen (secondary N) is 1. The highest BCUT2D eigenvalue weighted by atomic mass is 32.2. The van der Waals surface area contributed by atoms with Crippen LogP contribution < -0.4 is 9.62 Å². The minimum atomic E-state index is -3.74. The number of hydrogen-bond donors (Lipinski definition) is 1. The van der Waals surface area contributed by atoms with Gasteiger partial charge in [-0.25, -0.2) is 8.42 Å². The van der Waals surface area contributed by atoms with Crippen molar-refractivity contribution in [3.63, 3.8) is 0 Å². The topological polar surface area (TPSA) is 66.5 Å². The summed E-state index contributed by atoms with van der Waals surface area (Å²) in [5.74, 6) is -0.336. The zero-order chi connectivity index (χ0) is 20.6. The summed E-state index contributed by atoms with van der Waals surface area (Å²) in [5.41, 5.74) is 4.80. The molecule has 0 fully saturated rings. The molecule has 6 heteroatoms. The summed E-state index contributed by atoms with van der Waals surface area (Å²) in [5, 5.41) is 2.88.